The van der Waals surface area contributed by atoms with Crippen molar-refractivity contribution < 1.29 is 9.47 Å². The van der Waals surface area contributed by atoms with Crippen molar-refractivity contribution in [1.29, 1.82) is 0 Å². The highest BCUT2D eigenvalue weighted by Gasteiger charge is 2.17. The third-order valence-electron chi connectivity index (χ3n) is 2.56. The van der Waals surface area contributed by atoms with Crippen LogP contribution in [0.25, 0.3) is 0 Å². The summed E-state index contributed by atoms with van der Waals surface area (Å²) < 4.78 is 11.1. The Kier molecular flexibility index (Phi) is 5.45. The summed E-state index contributed by atoms with van der Waals surface area (Å²) in [7, 11) is 1.68. The second kappa shape index (κ2) is 6.62. The van der Waals surface area contributed by atoms with Gasteiger partial charge in [0, 0.05) is 6.54 Å². The van der Waals surface area contributed by atoms with E-state index < -0.39 is 0 Å². The Bertz CT molecular complexity index is 337. The lowest BCUT2D eigenvalue weighted by atomic mass is 10.1. The molecule has 1 rings (SSSR count). The zero-order valence-electron chi connectivity index (χ0n) is 11.2. The number of nitrogens with one attached hydrogen (secondary N) is 1. The summed E-state index contributed by atoms with van der Waals surface area (Å²) in [6.07, 6.45) is 0. The van der Waals surface area contributed by atoms with E-state index in [9.17, 15) is 0 Å². The molecule has 0 aliphatic carbocycles. The second-order valence-electron chi connectivity index (χ2n) is 4.68. The molecule has 0 spiro atoms. The van der Waals surface area contributed by atoms with E-state index >= 15 is 0 Å². The van der Waals surface area contributed by atoms with Gasteiger partial charge in [-0.2, -0.15) is 0 Å². The highest BCUT2D eigenvalue weighted by molar-refractivity contribution is 5.27. The molecular formula is C14H23NO2. The molecule has 0 heterocycles. The molecule has 0 unspecified atom stereocenters. The Morgan fingerprint density at radius 3 is 2.71 bits per heavy atom. The molecule has 0 aliphatic rings. The Balaban J connectivity index is 2.48. The molecule has 0 atom stereocenters. The van der Waals surface area contributed by atoms with Crippen molar-refractivity contribution in [2.45, 2.75) is 33.0 Å². The molecule has 1 aromatic rings. The van der Waals surface area contributed by atoms with E-state index in [-0.39, 0.29) is 5.60 Å². The molecule has 0 saturated heterocycles. The van der Waals surface area contributed by atoms with Crippen LogP contribution in [0.3, 0.4) is 0 Å². The first-order valence-electron chi connectivity index (χ1n) is 6.05. The smallest absolute Gasteiger partial charge is 0.119 e. The number of rotatable bonds is 7. The molecule has 0 saturated carbocycles. The zero-order chi connectivity index (χ0) is 12.7. The molecule has 3 heteroatoms. The van der Waals surface area contributed by atoms with Crippen molar-refractivity contribution >= 4 is 0 Å². The minimum Gasteiger partial charge on any atom is -0.497 e. The summed E-state index contributed by atoms with van der Waals surface area (Å²) >= 11 is 0. The summed E-state index contributed by atoms with van der Waals surface area (Å²) in [4.78, 5) is 0. The van der Waals surface area contributed by atoms with Crippen molar-refractivity contribution in [3.05, 3.63) is 29.8 Å². The van der Waals surface area contributed by atoms with Gasteiger partial charge in [0.15, 0.2) is 0 Å². The number of benzene rings is 1. The first-order chi connectivity index (χ1) is 8.07. The predicted octanol–water partition coefficient (Wildman–Crippen LogP) is 2.60. The molecule has 17 heavy (non-hydrogen) atoms. The predicted molar refractivity (Wildman–Crippen MR) is 70.4 cm³/mol. The van der Waals surface area contributed by atoms with Crippen LogP contribution in [0.2, 0.25) is 0 Å². The summed E-state index contributed by atoms with van der Waals surface area (Å²) in [6.45, 7) is 8.71. The lowest BCUT2D eigenvalue weighted by molar-refractivity contribution is -0.0276. The maximum absolute atomic E-state index is 5.90. The fourth-order valence-corrected chi connectivity index (χ4v) is 1.52. The summed E-state index contributed by atoms with van der Waals surface area (Å²) in [5.41, 5.74) is 0.980. The van der Waals surface area contributed by atoms with Gasteiger partial charge in [0.1, 0.15) is 5.75 Å². The summed E-state index contributed by atoms with van der Waals surface area (Å²) in [6, 6.07) is 7.97. The second-order valence-corrected chi connectivity index (χ2v) is 4.68. The highest BCUT2D eigenvalue weighted by atomic mass is 16.5. The normalized spacial score (nSPS) is 11.5. The molecule has 96 valence electrons. The molecule has 0 aromatic heterocycles. The largest absolute Gasteiger partial charge is 0.497 e. The fourth-order valence-electron chi connectivity index (χ4n) is 1.52. The topological polar surface area (TPSA) is 30.5 Å². The van der Waals surface area contributed by atoms with E-state index in [0.29, 0.717) is 6.61 Å². The average Bonchev–Trinajstić information content (AvgIpc) is 2.34. The van der Waals surface area contributed by atoms with E-state index in [1.807, 2.05) is 24.3 Å². The number of ether oxygens (including phenoxy) is 2. The molecule has 3 nitrogen and oxygen atoms in total. The molecule has 0 aliphatic heterocycles. The van der Waals surface area contributed by atoms with E-state index in [4.69, 9.17) is 9.47 Å². The van der Waals surface area contributed by atoms with Crippen molar-refractivity contribution in [3.63, 3.8) is 0 Å². The van der Waals surface area contributed by atoms with Crippen molar-refractivity contribution in [2.24, 2.45) is 0 Å². The lowest BCUT2D eigenvalue weighted by Crippen LogP contribution is -2.37. The van der Waals surface area contributed by atoms with Crippen LogP contribution in [0.1, 0.15) is 26.3 Å². The van der Waals surface area contributed by atoms with E-state index in [2.05, 4.69) is 26.1 Å². The SMILES string of the molecule is CCNCC(C)(C)OCc1cccc(OC)c1. The third-order valence-corrected chi connectivity index (χ3v) is 2.56. The molecule has 0 radical (unpaired) electrons. The minimum atomic E-state index is -0.154. The number of hydrogen-bond acceptors (Lipinski definition) is 3. The number of hydrogen-bond donors (Lipinski definition) is 1. The van der Waals surface area contributed by atoms with Gasteiger partial charge in [-0.3, -0.25) is 0 Å². The van der Waals surface area contributed by atoms with Gasteiger partial charge < -0.3 is 14.8 Å². The number of methoxy groups -OCH3 is 1. The molecule has 1 aromatic carbocycles. The average molecular weight is 237 g/mol. The van der Waals surface area contributed by atoms with Gasteiger partial charge >= 0.3 is 0 Å². The van der Waals surface area contributed by atoms with Gasteiger partial charge in [-0.05, 0) is 38.1 Å². The van der Waals surface area contributed by atoms with Gasteiger partial charge in [0.05, 0.1) is 19.3 Å². The van der Waals surface area contributed by atoms with Crippen molar-refractivity contribution in [1.82, 2.24) is 5.32 Å². The maximum Gasteiger partial charge on any atom is 0.119 e. The van der Waals surface area contributed by atoms with Crippen LogP contribution in [0.15, 0.2) is 24.3 Å². The monoisotopic (exact) mass is 237 g/mol. The van der Waals surface area contributed by atoms with Crippen LogP contribution >= 0.6 is 0 Å². The van der Waals surface area contributed by atoms with Gasteiger partial charge in [-0.25, -0.2) is 0 Å². The van der Waals surface area contributed by atoms with Crippen molar-refractivity contribution in [2.75, 3.05) is 20.2 Å². The van der Waals surface area contributed by atoms with Gasteiger partial charge in [-0.15, -0.1) is 0 Å². The van der Waals surface area contributed by atoms with Crippen LogP contribution < -0.4 is 10.1 Å². The van der Waals surface area contributed by atoms with Crippen LogP contribution in [0, 0.1) is 0 Å². The summed E-state index contributed by atoms with van der Waals surface area (Å²) in [5.74, 6) is 0.871. The lowest BCUT2D eigenvalue weighted by Gasteiger charge is -2.25. The third kappa shape index (κ3) is 5.20. The minimum absolute atomic E-state index is 0.154. The quantitative estimate of drug-likeness (QED) is 0.790. The van der Waals surface area contributed by atoms with Crippen molar-refractivity contribution in [3.8, 4) is 5.75 Å². The Labute approximate surface area is 104 Å². The van der Waals surface area contributed by atoms with Crippen LogP contribution in [-0.4, -0.2) is 25.8 Å². The molecular weight excluding hydrogens is 214 g/mol. The van der Waals surface area contributed by atoms with Gasteiger partial charge in [-0.1, -0.05) is 19.1 Å². The van der Waals surface area contributed by atoms with Gasteiger partial charge in [0.2, 0.25) is 0 Å². The van der Waals surface area contributed by atoms with Crippen LogP contribution in [-0.2, 0) is 11.3 Å². The number of likely N-dealkylation sites (N-methyl/N-ethyl adjacent to an activating group) is 1. The Morgan fingerprint density at radius 1 is 1.29 bits per heavy atom. The van der Waals surface area contributed by atoms with E-state index in [0.717, 1.165) is 24.4 Å². The maximum atomic E-state index is 5.90. The first kappa shape index (κ1) is 14.0. The molecule has 0 fully saturated rings. The molecule has 0 bridgehead atoms. The molecule has 1 N–H and O–H groups in total. The van der Waals surface area contributed by atoms with E-state index in [1.165, 1.54) is 0 Å². The van der Waals surface area contributed by atoms with Crippen LogP contribution in [0.4, 0.5) is 0 Å². The van der Waals surface area contributed by atoms with Crippen LogP contribution in [0.5, 0.6) is 5.75 Å². The highest BCUT2D eigenvalue weighted by Crippen LogP contribution is 2.16. The zero-order valence-corrected chi connectivity index (χ0v) is 11.2. The van der Waals surface area contributed by atoms with E-state index in [1.54, 1.807) is 7.11 Å². The summed E-state index contributed by atoms with van der Waals surface area (Å²) in [5, 5.41) is 3.30. The van der Waals surface area contributed by atoms with Gasteiger partial charge in [0.25, 0.3) is 0 Å². The fraction of sp³-hybridized carbons (Fsp3) is 0.571. The first-order valence-corrected chi connectivity index (χ1v) is 6.05. The Hall–Kier alpha value is -1.06. The standard InChI is InChI=1S/C14H23NO2/c1-5-15-11-14(2,3)17-10-12-7-6-8-13(9-12)16-4/h6-9,15H,5,10-11H2,1-4H3. The molecule has 0 amide bonds. The Morgan fingerprint density at radius 2 is 2.06 bits per heavy atom.